The summed E-state index contributed by atoms with van der Waals surface area (Å²) in [5, 5.41) is 10.1. The predicted molar refractivity (Wildman–Crippen MR) is 57.4 cm³/mol. The van der Waals surface area contributed by atoms with E-state index < -0.39 is 0 Å². The van der Waals surface area contributed by atoms with E-state index in [0.717, 1.165) is 25.2 Å². The minimum atomic E-state index is 0.0803. The van der Waals surface area contributed by atoms with Crippen LogP contribution in [0, 0.1) is 5.92 Å². The molecule has 2 heterocycles. The summed E-state index contributed by atoms with van der Waals surface area (Å²) < 4.78 is 1.67. The van der Waals surface area contributed by atoms with Gasteiger partial charge in [-0.05, 0) is 25.4 Å². The molecule has 1 aliphatic rings. The normalized spacial score (nSPS) is 20.5. The van der Waals surface area contributed by atoms with Crippen LogP contribution in [0.3, 0.4) is 0 Å². The van der Waals surface area contributed by atoms with Crippen LogP contribution in [0.15, 0.2) is 12.4 Å². The molecule has 1 saturated heterocycles. The maximum Gasteiger partial charge on any atom is 0.224 e. The molecular formula is C10H16N4O. The van der Waals surface area contributed by atoms with Crippen LogP contribution < -0.4 is 10.6 Å². The zero-order chi connectivity index (χ0) is 10.7. The van der Waals surface area contributed by atoms with E-state index in [0.29, 0.717) is 12.3 Å². The zero-order valence-electron chi connectivity index (χ0n) is 8.86. The summed E-state index contributed by atoms with van der Waals surface area (Å²) in [4.78, 5) is 11.6. The van der Waals surface area contributed by atoms with Crippen molar-refractivity contribution in [2.24, 2.45) is 13.0 Å². The molecule has 0 saturated carbocycles. The van der Waals surface area contributed by atoms with Crippen molar-refractivity contribution in [1.29, 1.82) is 0 Å². The van der Waals surface area contributed by atoms with Gasteiger partial charge < -0.3 is 10.6 Å². The maximum absolute atomic E-state index is 11.6. The van der Waals surface area contributed by atoms with Crippen molar-refractivity contribution in [2.45, 2.75) is 12.8 Å². The van der Waals surface area contributed by atoms with Gasteiger partial charge in [-0.25, -0.2) is 0 Å². The van der Waals surface area contributed by atoms with Crippen LogP contribution >= 0.6 is 0 Å². The first kappa shape index (κ1) is 10.2. The number of carbonyl (C=O) groups excluding carboxylic acids is 1. The lowest BCUT2D eigenvalue weighted by Gasteiger charge is -2.07. The Hall–Kier alpha value is -1.36. The molecule has 1 fully saturated rings. The number of hydrogen-bond donors (Lipinski definition) is 2. The number of aryl methyl sites for hydroxylation is 1. The van der Waals surface area contributed by atoms with Crippen molar-refractivity contribution >= 4 is 11.6 Å². The maximum atomic E-state index is 11.6. The van der Waals surface area contributed by atoms with Gasteiger partial charge in [-0.15, -0.1) is 0 Å². The highest BCUT2D eigenvalue weighted by Gasteiger charge is 2.18. The molecule has 1 aliphatic heterocycles. The van der Waals surface area contributed by atoms with E-state index in [-0.39, 0.29) is 5.91 Å². The Bertz CT molecular complexity index is 341. The van der Waals surface area contributed by atoms with E-state index in [1.807, 2.05) is 7.05 Å². The molecule has 15 heavy (non-hydrogen) atoms. The number of carbonyl (C=O) groups is 1. The lowest BCUT2D eigenvalue weighted by atomic mass is 10.0. The van der Waals surface area contributed by atoms with Gasteiger partial charge in [0.05, 0.1) is 11.9 Å². The van der Waals surface area contributed by atoms with Crippen LogP contribution in [0.1, 0.15) is 12.8 Å². The topological polar surface area (TPSA) is 59.0 Å². The summed E-state index contributed by atoms with van der Waals surface area (Å²) in [6.45, 7) is 1.99. The quantitative estimate of drug-likeness (QED) is 0.754. The summed E-state index contributed by atoms with van der Waals surface area (Å²) in [7, 11) is 1.83. The van der Waals surface area contributed by atoms with Crippen molar-refractivity contribution < 1.29 is 4.79 Å². The highest BCUT2D eigenvalue weighted by atomic mass is 16.1. The molecule has 0 aromatic carbocycles. The Labute approximate surface area is 88.8 Å². The summed E-state index contributed by atoms with van der Waals surface area (Å²) in [5.74, 6) is 0.568. The largest absolute Gasteiger partial charge is 0.323 e. The summed E-state index contributed by atoms with van der Waals surface area (Å²) in [5.41, 5.74) is 0.772. The lowest BCUT2D eigenvalue weighted by molar-refractivity contribution is -0.116. The summed E-state index contributed by atoms with van der Waals surface area (Å²) in [6, 6.07) is 0. The van der Waals surface area contributed by atoms with E-state index in [4.69, 9.17) is 0 Å². The van der Waals surface area contributed by atoms with E-state index in [1.165, 1.54) is 0 Å². The van der Waals surface area contributed by atoms with E-state index in [9.17, 15) is 4.79 Å². The average Bonchev–Trinajstić information content (AvgIpc) is 2.77. The van der Waals surface area contributed by atoms with Gasteiger partial charge in [0.2, 0.25) is 5.91 Å². The van der Waals surface area contributed by atoms with Crippen molar-refractivity contribution in [1.82, 2.24) is 15.1 Å². The van der Waals surface area contributed by atoms with Crippen LogP contribution in [-0.2, 0) is 11.8 Å². The number of hydrogen-bond acceptors (Lipinski definition) is 3. The monoisotopic (exact) mass is 208 g/mol. The molecule has 1 atom stereocenters. The van der Waals surface area contributed by atoms with Crippen LogP contribution in [0.25, 0.3) is 0 Å². The van der Waals surface area contributed by atoms with Gasteiger partial charge in [-0.1, -0.05) is 0 Å². The van der Waals surface area contributed by atoms with Gasteiger partial charge in [-0.2, -0.15) is 5.10 Å². The molecule has 2 N–H and O–H groups in total. The van der Waals surface area contributed by atoms with E-state index >= 15 is 0 Å². The van der Waals surface area contributed by atoms with Crippen LogP contribution in [0.4, 0.5) is 5.69 Å². The second-order valence-electron chi connectivity index (χ2n) is 4.01. The molecule has 0 spiro atoms. The van der Waals surface area contributed by atoms with Crippen molar-refractivity contribution in [3.05, 3.63) is 12.4 Å². The van der Waals surface area contributed by atoms with Crippen LogP contribution in [-0.4, -0.2) is 28.8 Å². The fourth-order valence-corrected chi connectivity index (χ4v) is 1.85. The molecule has 1 amide bonds. The molecular weight excluding hydrogens is 192 g/mol. The fraction of sp³-hybridized carbons (Fsp3) is 0.600. The minimum Gasteiger partial charge on any atom is -0.323 e. The Balaban J connectivity index is 1.81. The first-order valence-electron chi connectivity index (χ1n) is 5.23. The third-order valence-electron chi connectivity index (χ3n) is 2.63. The Morgan fingerprint density at radius 2 is 2.67 bits per heavy atom. The van der Waals surface area contributed by atoms with Gasteiger partial charge >= 0.3 is 0 Å². The molecule has 5 nitrogen and oxygen atoms in total. The Kier molecular flexibility index (Phi) is 3.01. The summed E-state index contributed by atoms with van der Waals surface area (Å²) in [6.07, 6.45) is 5.15. The molecule has 0 bridgehead atoms. The third-order valence-corrected chi connectivity index (χ3v) is 2.63. The molecule has 5 heteroatoms. The first-order chi connectivity index (χ1) is 7.24. The first-order valence-corrected chi connectivity index (χ1v) is 5.23. The number of rotatable bonds is 3. The molecule has 0 radical (unpaired) electrons. The molecule has 82 valence electrons. The van der Waals surface area contributed by atoms with Gasteiger partial charge in [0.15, 0.2) is 0 Å². The molecule has 0 aliphatic carbocycles. The lowest BCUT2D eigenvalue weighted by Crippen LogP contribution is -2.18. The molecule has 1 aromatic rings. The highest BCUT2D eigenvalue weighted by Crippen LogP contribution is 2.13. The van der Waals surface area contributed by atoms with Gasteiger partial charge in [0.1, 0.15) is 0 Å². The second-order valence-corrected chi connectivity index (χ2v) is 4.01. The average molecular weight is 208 g/mol. The van der Waals surface area contributed by atoms with E-state index in [1.54, 1.807) is 17.1 Å². The number of anilines is 1. The van der Waals surface area contributed by atoms with Crippen LogP contribution in [0.5, 0.6) is 0 Å². The zero-order valence-corrected chi connectivity index (χ0v) is 8.86. The molecule has 1 aromatic heterocycles. The number of nitrogens with zero attached hydrogens (tertiary/aromatic N) is 2. The molecule has 2 rings (SSSR count). The van der Waals surface area contributed by atoms with Crippen molar-refractivity contribution in [3.63, 3.8) is 0 Å². The predicted octanol–water partition coefficient (Wildman–Crippen LogP) is 0.358. The highest BCUT2D eigenvalue weighted by molar-refractivity contribution is 5.90. The van der Waals surface area contributed by atoms with Crippen molar-refractivity contribution in [3.8, 4) is 0 Å². The molecule has 1 unspecified atom stereocenters. The van der Waals surface area contributed by atoms with Crippen molar-refractivity contribution in [2.75, 3.05) is 18.4 Å². The number of amides is 1. The summed E-state index contributed by atoms with van der Waals surface area (Å²) >= 11 is 0. The van der Waals surface area contributed by atoms with Crippen LogP contribution in [0.2, 0.25) is 0 Å². The smallest absolute Gasteiger partial charge is 0.224 e. The number of aromatic nitrogens is 2. The standard InChI is InChI=1S/C10H16N4O/c1-14-7-9(6-12-14)13-10(15)4-8-2-3-11-5-8/h6-8,11H,2-5H2,1H3,(H,13,15). The van der Waals surface area contributed by atoms with Gasteiger partial charge in [-0.3, -0.25) is 9.48 Å². The SMILES string of the molecule is Cn1cc(NC(=O)CC2CCNC2)cn1. The second kappa shape index (κ2) is 4.44. The fourth-order valence-electron chi connectivity index (χ4n) is 1.85. The third kappa shape index (κ3) is 2.79. The van der Waals surface area contributed by atoms with E-state index in [2.05, 4.69) is 15.7 Å². The Morgan fingerprint density at radius 1 is 1.80 bits per heavy atom. The Morgan fingerprint density at radius 3 is 3.27 bits per heavy atom. The van der Waals surface area contributed by atoms with Gasteiger partial charge in [0, 0.05) is 19.7 Å². The van der Waals surface area contributed by atoms with Gasteiger partial charge in [0.25, 0.3) is 0 Å². The minimum absolute atomic E-state index is 0.0803. The number of nitrogens with one attached hydrogen (secondary N) is 2.